The second-order valence-electron chi connectivity index (χ2n) is 5.36. The first-order valence-corrected chi connectivity index (χ1v) is 8.29. The minimum Gasteiger partial charge on any atom is -0.481 e. The second kappa shape index (κ2) is 16.0. The Hall–Kier alpha value is -1.05. The van der Waals surface area contributed by atoms with Crippen LogP contribution in [0.2, 0.25) is 0 Å². The maximum absolute atomic E-state index is 10.3. The molecule has 1 N–H and O–H groups in total. The zero-order valence-electron chi connectivity index (χ0n) is 13.2. The zero-order chi connectivity index (χ0) is 14.9. The summed E-state index contributed by atoms with van der Waals surface area (Å²) in [5.41, 5.74) is 0. The zero-order valence-corrected chi connectivity index (χ0v) is 13.2. The van der Waals surface area contributed by atoms with E-state index in [0.29, 0.717) is 0 Å². The number of rotatable bonds is 14. The van der Waals surface area contributed by atoms with Gasteiger partial charge in [-0.2, -0.15) is 0 Å². The maximum atomic E-state index is 10.3. The van der Waals surface area contributed by atoms with Crippen molar-refractivity contribution < 1.29 is 9.90 Å². The summed E-state index contributed by atoms with van der Waals surface area (Å²) in [5.74, 6) is -0.698. The van der Waals surface area contributed by atoms with Crippen molar-refractivity contribution in [1.29, 1.82) is 0 Å². The Morgan fingerprint density at radius 1 is 0.750 bits per heavy atom. The number of hydrogen-bond acceptors (Lipinski definition) is 1. The second-order valence-corrected chi connectivity index (χ2v) is 5.36. The van der Waals surface area contributed by atoms with Crippen LogP contribution in [0.4, 0.5) is 0 Å². The molecule has 116 valence electrons. The van der Waals surface area contributed by atoms with E-state index in [1.165, 1.54) is 44.9 Å². The van der Waals surface area contributed by atoms with Crippen LogP contribution in [-0.2, 0) is 4.79 Å². The molecule has 20 heavy (non-hydrogen) atoms. The highest BCUT2D eigenvalue weighted by Gasteiger charge is 1.92. The van der Waals surface area contributed by atoms with E-state index in [1.54, 1.807) is 0 Å². The fourth-order valence-corrected chi connectivity index (χ4v) is 2.08. The van der Waals surface area contributed by atoms with E-state index in [9.17, 15) is 4.79 Å². The van der Waals surface area contributed by atoms with E-state index in [0.717, 1.165) is 25.7 Å². The molecule has 0 aliphatic heterocycles. The Bertz CT molecular complexity index is 267. The van der Waals surface area contributed by atoms with Crippen molar-refractivity contribution in [1.82, 2.24) is 0 Å². The van der Waals surface area contributed by atoms with Crippen LogP contribution >= 0.6 is 0 Å². The van der Waals surface area contributed by atoms with Gasteiger partial charge in [0.25, 0.3) is 0 Å². The quantitative estimate of drug-likeness (QED) is 0.318. The van der Waals surface area contributed by atoms with Gasteiger partial charge >= 0.3 is 5.97 Å². The molecule has 0 fully saturated rings. The highest BCUT2D eigenvalue weighted by atomic mass is 16.4. The van der Waals surface area contributed by atoms with Gasteiger partial charge in [-0.25, -0.2) is 0 Å². The van der Waals surface area contributed by atoms with Gasteiger partial charge in [0.2, 0.25) is 0 Å². The fourth-order valence-electron chi connectivity index (χ4n) is 2.08. The molecule has 0 bridgehead atoms. The highest BCUT2D eigenvalue weighted by molar-refractivity contribution is 5.66. The average molecular weight is 280 g/mol. The summed E-state index contributed by atoms with van der Waals surface area (Å²) in [4.78, 5) is 10.3. The summed E-state index contributed by atoms with van der Waals surface area (Å²) in [6, 6.07) is 0. The molecule has 0 saturated heterocycles. The van der Waals surface area contributed by atoms with Crippen molar-refractivity contribution in [3.05, 3.63) is 24.3 Å². The van der Waals surface area contributed by atoms with Crippen LogP contribution in [-0.4, -0.2) is 11.1 Å². The highest BCUT2D eigenvalue weighted by Crippen LogP contribution is 2.07. The van der Waals surface area contributed by atoms with Gasteiger partial charge in [-0.05, 0) is 38.5 Å². The predicted molar refractivity (Wildman–Crippen MR) is 87.0 cm³/mol. The van der Waals surface area contributed by atoms with Gasteiger partial charge in [-0.1, -0.05) is 63.3 Å². The van der Waals surface area contributed by atoms with Crippen molar-refractivity contribution in [3.63, 3.8) is 0 Å². The summed E-state index contributed by atoms with van der Waals surface area (Å²) in [6.07, 6.45) is 22.3. The first kappa shape index (κ1) is 18.9. The lowest BCUT2D eigenvalue weighted by atomic mass is 10.1. The lowest BCUT2D eigenvalue weighted by molar-refractivity contribution is -0.137. The van der Waals surface area contributed by atoms with E-state index in [1.807, 2.05) is 0 Å². The lowest BCUT2D eigenvalue weighted by Crippen LogP contribution is -1.92. The Kier molecular flexibility index (Phi) is 15.2. The molecule has 0 unspecified atom stereocenters. The minimum absolute atomic E-state index is 0.280. The molecule has 2 heteroatoms. The number of carboxylic acid groups (broad SMARTS) is 1. The molecule has 0 spiro atoms. The van der Waals surface area contributed by atoms with Crippen LogP contribution in [0.3, 0.4) is 0 Å². The van der Waals surface area contributed by atoms with Gasteiger partial charge in [-0.3, -0.25) is 4.79 Å². The number of carboxylic acids is 1. The normalized spacial score (nSPS) is 11.7. The summed E-state index contributed by atoms with van der Waals surface area (Å²) in [6.45, 7) is 2.25. The molecule has 0 radical (unpaired) electrons. The Morgan fingerprint density at radius 2 is 1.25 bits per heavy atom. The van der Waals surface area contributed by atoms with Gasteiger partial charge in [0.15, 0.2) is 0 Å². The predicted octanol–water partition coefficient (Wildman–Crippen LogP) is 5.88. The monoisotopic (exact) mass is 280 g/mol. The van der Waals surface area contributed by atoms with Crippen molar-refractivity contribution in [3.8, 4) is 0 Å². The van der Waals surface area contributed by atoms with E-state index < -0.39 is 5.97 Å². The molecule has 0 amide bonds. The molecule has 0 rings (SSSR count). The number of allylic oxidation sites excluding steroid dienone is 4. The molecule has 0 aliphatic carbocycles. The molecule has 0 atom stereocenters. The van der Waals surface area contributed by atoms with Crippen molar-refractivity contribution in [2.75, 3.05) is 0 Å². The Balaban J connectivity index is 3.19. The molecular formula is C18H32O2. The summed E-state index contributed by atoms with van der Waals surface area (Å²) < 4.78 is 0. The van der Waals surface area contributed by atoms with E-state index in [2.05, 4.69) is 31.2 Å². The van der Waals surface area contributed by atoms with Crippen molar-refractivity contribution in [2.45, 2.75) is 84.0 Å². The summed E-state index contributed by atoms with van der Waals surface area (Å²) in [7, 11) is 0. The standard InChI is InChI=1S/C18H32O2/c1-2-3-4-5-6-7-8-9-10-11-12-13-14-15-16-17-18(19)20/h9-10,13-14H,2-8,11-12,15-17H2,1H3,(H,19,20)/b10-9+,14-13-. The number of hydrogen-bond donors (Lipinski definition) is 1. The Labute approximate surface area is 125 Å². The van der Waals surface area contributed by atoms with Gasteiger partial charge in [-0.15, -0.1) is 0 Å². The average Bonchev–Trinajstić information content (AvgIpc) is 2.43. The third kappa shape index (κ3) is 16.9. The lowest BCUT2D eigenvalue weighted by Gasteiger charge is -1.97. The van der Waals surface area contributed by atoms with Gasteiger partial charge in [0.1, 0.15) is 0 Å². The molecule has 2 nitrogen and oxygen atoms in total. The topological polar surface area (TPSA) is 37.3 Å². The molecule has 0 aromatic carbocycles. The maximum Gasteiger partial charge on any atom is 0.303 e. The molecule has 0 aliphatic rings. The van der Waals surface area contributed by atoms with Crippen molar-refractivity contribution >= 4 is 5.97 Å². The first-order chi connectivity index (χ1) is 9.77. The first-order valence-electron chi connectivity index (χ1n) is 8.29. The van der Waals surface area contributed by atoms with Crippen molar-refractivity contribution in [2.24, 2.45) is 0 Å². The van der Waals surface area contributed by atoms with Crippen LogP contribution in [0.1, 0.15) is 84.0 Å². The van der Waals surface area contributed by atoms with Crippen LogP contribution in [0.15, 0.2) is 24.3 Å². The SMILES string of the molecule is CCCCCCCC/C=C/CC/C=C\CCCC(=O)O. The number of unbranched alkanes of at least 4 members (excludes halogenated alkanes) is 8. The van der Waals surface area contributed by atoms with Gasteiger partial charge in [0, 0.05) is 6.42 Å². The van der Waals surface area contributed by atoms with Gasteiger partial charge < -0.3 is 5.11 Å². The molecule has 0 aromatic rings. The smallest absolute Gasteiger partial charge is 0.303 e. The van der Waals surface area contributed by atoms with Gasteiger partial charge in [0.05, 0.1) is 0 Å². The van der Waals surface area contributed by atoms with E-state index in [4.69, 9.17) is 5.11 Å². The van der Waals surface area contributed by atoms with E-state index in [-0.39, 0.29) is 6.42 Å². The largest absolute Gasteiger partial charge is 0.481 e. The number of carbonyl (C=O) groups is 1. The van der Waals surface area contributed by atoms with Crippen LogP contribution in [0.25, 0.3) is 0 Å². The molecular weight excluding hydrogens is 248 g/mol. The van der Waals surface area contributed by atoms with E-state index >= 15 is 0 Å². The fraction of sp³-hybridized carbons (Fsp3) is 0.722. The minimum atomic E-state index is -0.698. The summed E-state index contributed by atoms with van der Waals surface area (Å²) >= 11 is 0. The molecule has 0 saturated carbocycles. The van der Waals surface area contributed by atoms with Crippen LogP contribution in [0.5, 0.6) is 0 Å². The van der Waals surface area contributed by atoms with Crippen LogP contribution < -0.4 is 0 Å². The van der Waals surface area contributed by atoms with Crippen LogP contribution in [0, 0.1) is 0 Å². The molecule has 0 heterocycles. The third-order valence-electron chi connectivity index (χ3n) is 3.32. The summed E-state index contributed by atoms with van der Waals surface area (Å²) in [5, 5.41) is 8.48. The molecule has 0 aromatic heterocycles. The number of aliphatic carboxylic acids is 1. The Morgan fingerprint density at radius 3 is 1.85 bits per heavy atom. The third-order valence-corrected chi connectivity index (χ3v) is 3.32.